The number of rotatable bonds is 3. The molecule has 1 spiro atoms. The molecular weight excluding hydrogens is 350 g/mol. The second-order valence-corrected chi connectivity index (χ2v) is 8.60. The van der Waals surface area contributed by atoms with Crippen LogP contribution in [0.5, 0.6) is 0 Å². The zero-order valence-corrected chi connectivity index (χ0v) is 16.1. The normalized spacial score (nSPS) is 26.8. The lowest BCUT2D eigenvalue weighted by atomic mass is 9.83. The highest BCUT2D eigenvalue weighted by Crippen LogP contribution is 2.39. The minimum Gasteiger partial charge on any atom is -0.392 e. The first-order valence-corrected chi connectivity index (χ1v) is 10.2. The van der Waals surface area contributed by atoms with Gasteiger partial charge in [-0.1, -0.05) is 48.5 Å². The Labute approximate surface area is 166 Å². The average molecular weight is 377 g/mol. The van der Waals surface area contributed by atoms with E-state index in [2.05, 4.69) is 40.1 Å². The first-order valence-electron chi connectivity index (χ1n) is 10.2. The van der Waals surface area contributed by atoms with E-state index in [0.29, 0.717) is 6.04 Å². The maximum atomic E-state index is 12.8. The number of benzene rings is 2. The van der Waals surface area contributed by atoms with Gasteiger partial charge in [0.15, 0.2) is 0 Å². The van der Waals surface area contributed by atoms with Crippen LogP contribution in [0.25, 0.3) is 0 Å². The molecule has 5 heteroatoms. The van der Waals surface area contributed by atoms with E-state index >= 15 is 0 Å². The Hall–Kier alpha value is -2.21. The smallest absolute Gasteiger partial charge is 0.253 e. The number of amides is 1. The molecule has 1 N–H and O–H groups in total. The quantitative estimate of drug-likeness (QED) is 0.887. The summed E-state index contributed by atoms with van der Waals surface area (Å²) in [5, 5.41) is 10.3. The monoisotopic (exact) mass is 377 g/mol. The second-order valence-electron chi connectivity index (χ2n) is 8.60. The Morgan fingerprint density at radius 3 is 2.36 bits per heavy atom. The van der Waals surface area contributed by atoms with Crippen molar-refractivity contribution in [3.05, 3.63) is 71.8 Å². The third kappa shape index (κ3) is 3.13. The molecule has 3 fully saturated rings. The van der Waals surface area contributed by atoms with Gasteiger partial charge in [-0.25, -0.2) is 0 Å². The number of piperazine rings is 1. The summed E-state index contributed by atoms with van der Waals surface area (Å²) in [6.45, 7) is 5.08. The molecule has 28 heavy (non-hydrogen) atoms. The van der Waals surface area contributed by atoms with E-state index in [4.69, 9.17) is 0 Å². The van der Waals surface area contributed by atoms with Crippen molar-refractivity contribution in [2.24, 2.45) is 0 Å². The number of hydrogen-bond donors (Lipinski definition) is 1. The van der Waals surface area contributed by atoms with Gasteiger partial charge in [0.2, 0.25) is 0 Å². The maximum absolute atomic E-state index is 12.8. The molecule has 0 aliphatic carbocycles. The summed E-state index contributed by atoms with van der Waals surface area (Å²) in [4.78, 5) is 19.8. The standard InChI is InChI=1S/C23H27N3O2/c27-21-11-20-13-24(12-18-7-3-1-4-8-18)15-23(26(20)14-21)16-25(17-23)22(28)19-9-5-2-6-10-19/h1-10,20-21,27H,11-17H2/t20-,21-/m1/s1. The molecule has 3 aliphatic rings. The number of carbonyl (C=O) groups excluding carboxylic acids is 1. The van der Waals surface area contributed by atoms with E-state index in [1.807, 2.05) is 35.2 Å². The number of carbonyl (C=O) groups is 1. The van der Waals surface area contributed by atoms with Crippen molar-refractivity contribution >= 4 is 5.91 Å². The van der Waals surface area contributed by atoms with Gasteiger partial charge in [-0.15, -0.1) is 0 Å². The van der Waals surface area contributed by atoms with Crippen LogP contribution in [-0.4, -0.2) is 76.1 Å². The minimum absolute atomic E-state index is 0.0282. The molecular formula is C23H27N3O2. The largest absolute Gasteiger partial charge is 0.392 e. The maximum Gasteiger partial charge on any atom is 0.253 e. The number of fused-ring (bicyclic) bond motifs is 2. The number of hydrogen-bond acceptors (Lipinski definition) is 4. The van der Waals surface area contributed by atoms with Crippen LogP contribution in [0, 0.1) is 0 Å². The Bertz CT molecular complexity index is 835. The molecule has 1 amide bonds. The van der Waals surface area contributed by atoms with Crippen molar-refractivity contribution in [3.8, 4) is 0 Å². The van der Waals surface area contributed by atoms with E-state index in [-0.39, 0.29) is 17.6 Å². The topological polar surface area (TPSA) is 47.0 Å². The first-order chi connectivity index (χ1) is 13.6. The van der Waals surface area contributed by atoms with Gasteiger partial charge in [0.1, 0.15) is 0 Å². The number of likely N-dealkylation sites (tertiary alicyclic amines) is 1. The van der Waals surface area contributed by atoms with Crippen LogP contribution in [0.3, 0.4) is 0 Å². The van der Waals surface area contributed by atoms with Gasteiger partial charge in [0.05, 0.1) is 11.6 Å². The lowest BCUT2D eigenvalue weighted by molar-refractivity contribution is -0.102. The molecule has 3 heterocycles. The molecule has 0 radical (unpaired) electrons. The van der Waals surface area contributed by atoms with Crippen LogP contribution in [-0.2, 0) is 6.54 Å². The van der Waals surface area contributed by atoms with Gasteiger partial charge in [0.25, 0.3) is 5.91 Å². The fourth-order valence-corrected chi connectivity index (χ4v) is 5.33. The van der Waals surface area contributed by atoms with E-state index in [9.17, 15) is 9.90 Å². The molecule has 0 aromatic heterocycles. The Morgan fingerprint density at radius 2 is 1.64 bits per heavy atom. The van der Waals surface area contributed by atoms with Gasteiger partial charge in [-0.3, -0.25) is 14.6 Å². The molecule has 2 aromatic rings. The molecule has 2 atom stereocenters. The van der Waals surface area contributed by atoms with Crippen LogP contribution in [0.2, 0.25) is 0 Å². The van der Waals surface area contributed by atoms with E-state index in [0.717, 1.165) is 51.3 Å². The van der Waals surface area contributed by atoms with Crippen molar-refractivity contribution < 1.29 is 9.90 Å². The highest BCUT2D eigenvalue weighted by molar-refractivity contribution is 5.95. The SMILES string of the molecule is O=C(c1ccccc1)N1CC2(CN(Cc3ccccc3)C[C@H]3C[C@@H](O)CN32)C1. The predicted octanol–water partition coefficient (Wildman–Crippen LogP) is 1.83. The summed E-state index contributed by atoms with van der Waals surface area (Å²) in [7, 11) is 0. The summed E-state index contributed by atoms with van der Waals surface area (Å²) in [5.74, 6) is 0.114. The fraction of sp³-hybridized carbons (Fsp3) is 0.435. The summed E-state index contributed by atoms with van der Waals surface area (Å²) in [5.41, 5.74) is 2.05. The first kappa shape index (κ1) is 17.9. The van der Waals surface area contributed by atoms with Crippen LogP contribution >= 0.6 is 0 Å². The van der Waals surface area contributed by atoms with Gasteiger partial charge in [-0.05, 0) is 24.1 Å². The van der Waals surface area contributed by atoms with Crippen molar-refractivity contribution in [1.29, 1.82) is 0 Å². The number of β-amino-alcohol motifs (C(OH)–C–C–N with tert-alkyl or cyclic N) is 1. The Morgan fingerprint density at radius 1 is 0.964 bits per heavy atom. The van der Waals surface area contributed by atoms with Crippen molar-refractivity contribution in [3.63, 3.8) is 0 Å². The molecule has 5 nitrogen and oxygen atoms in total. The Balaban J connectivity index is 1.33. The third-order valence-electron chi connectivity index (χ3n) is 6.52. The van der Waals surface area contributed by atoms with Crippen LogP contribution in [0.4, 0.5) is 0 Å². The summed E-state index contributed by atoms with van der Waals surface area (Å²) >= 11 is 0. The summed E-state index contributed by atoms with van der Waals surface area (Å²) in [6.07, 6.45) is 0.581. The summed E-state index contributed by atoms with van der Waals surface area (Å²) < 4.78 is 0. The number of nitrogens with zero attached hydrogens (tertiary/aromatic N) is 3. The van der Waals surface area contributed by atoms with Gasteiger partial charge < -0.3 is 10.0 Å². The Kier molecular flexibility index (Phi) is 4.46. The zero-order valence-electron chi connectivity index (χ0n) is 16.1. The molecule has 0 unspecified atom stereocenters. The van der Waals surface area contributed by atoms with Gasteiger partial charge in [-0.2, -0.15) is 0 Å². The van der Waals surface area contributed by atoms with Crippen LogP contribution in [0.1, 0.15) is 22.3 Å². The van der Waals surface area contributed by atoms with Crippen LogP contribution in [0.15, 0.2) is 60.7 Å². The van der Waals surface area contributed by atoms with E-state index in [1.165, 1.54) is 5.56 Å². The van der Waals surface area contributed by atoms with Crippen molar-refractivity contribution in [2.45, 2.75) is 30.7 Å². The van der Waals surface area contributed by atoms with E-state index < -0.39 is 0 Å². The molecule has 0 bridgehead atoms. The van der Waals surface area contributed by atoms with Gasteiger partial charge in [0, 0.05) is 50.9 Å². The van der Waals surface area contributed by atoms with Crippen LogP contribution < -0.4 is 0 Å². The van der Waals surface area contributed by atoms with Crippen molar-refractivity contribution in [1.82, 2.24) is 14.7 Å². The molecule has 3 aliphatic heterocycles. The third-order valence-corrected chi connectivity index (χ3v) is 6.52. The zero-order chi connectivity index (χ0) is 19.1. The number of aliphatic hydroxyl groups is 1. The van der Waals surface area contributed by atoms with Crippen molar-refractivity contribution in [2.75, 3.05) is 32.7 Å². The fourth-order valence-electron chi connectivity index (χ4n) is 5.33. The highest BCUT2D eigenvalue weighted by atomic mass is 16.3. The summed E-state index contributed by atoms with van der Waals surface area (Å²) in [6, 6.07) is 20.5. The average Bonchev–Trinajstić information content (AvgIpc) is 3.07. The lowest BCUT2D eigenvalue weighted by Crippen LogP contribution is -2.78. The lowest BCUT2D eigenvalue weighted by Gasteiger charge is -2.61. The molecule has 146 valence electrons. The van der Waals surface area contributed by atoms with E-state index in [1.54, 1.807) is 0 Å². The predicted molar refractivity (Wildman–Crippen MR) is 108 cm³/mol. The molecule has 5 rings (SSSR count). The van der Waals surface area contributed by atoms with Gasteiger partial charge >= 0.3 is 0 Å². The molecule has 2 aromatic carbocycles. The molecule has 0 saturated carbocycles. The number of aliphatic hydroxyl groups excluding tert-OH is 1. The molecule has 3 saturated heterocycles. The minimum atomic E-state index is -0.252. The second kappa shape index (κ2) is 6.99. The highest BCUT2D eigenvalue weighted by Gasteiger charge is 2.57.